The standard InChI is InChI=1S/C6H4O4S2/c7-11(8)3-1-5-6(11)2-4-12(5,9)10/h1-4H. The Hall–Kier alpha value is -0.880. The maximum absolute atomic E-state index is 11.1. The fraction of sp³-hybridized carbons (Fsp3) is 0. The number of allylic oxidation sites excluding steroid dienone is 2. The van der Waals surface area contributed by atoms with Gasteiger partial charge < -0.3 is 0 Å². The molecule has 0 aromatic rings. The van der Waals surface area contributed by atoms with Crippen LogP contribution in [0.25, 0.3) is 0 Å². The molecule has 64 valence electrons. The smallest absolute Gasteiger partial charge is 0.201 e. The van der Waals surface area contributed by atoms with Gasteiger partial charge >= 0.3 is 0 Å². The van der Waals surface area contributed by atoms with E-state index in [0.717, 1.165) is 23.0 Å². The molecular formula is C6H4O4S2. The highest BCUT2D eigenvalue weighted by Crippen LogP contribution is 2.33. The third-order valence-corrected chi connectivity index (χ3v) is 4.71. The molecule has 0 bridgehead atoms. The molecule has 0 fully saturated rings. The topological polar surface area (TPSA) is 68.3 Å². The summed E-state index contributed by atoms with van der Waals surface area (Å²) in [6.45, 7) is 0. The summed E-state index contributed by atoms with van der Waals surface area (Å²) in [5.74, 6) is 0. The number of hydrogen-bond acceptors (Lipinski definition) is 4. The van der Waals surface area contributed by atoms with Crippen LogP contribution in [-0.2, 0) is 19.7 Å². The summed E-state index contributed by atoms with van der Waals surface area (Å²) < 4.78 is 44.3. The SMILES string of the molecule is O=S1(=O)C=CC2=C1C=CS2(=O)=O. The molecule has 0 amide bonds. The Labute approximate surface area is 69.7 Å². The molecule has 6 heteroatoms. The van der Waals surface area contributed by atoms with E-state index in [0.29, 0.717) is 0 Å². The van der Waals surface area contributed by atoms with E-state index in [9.17, 15) is 16.8 Å². The maximum atomic E-state index is 11.1. The van der Waals surface area contributed by atoms with Gasteiger partial charge in [0.05, 0.1) is 9.81 Å². The molecule has 0 saturated heterocycles. The van der Waals surface area contributed by atoms with E-state index >= 15 is 0 Å². The van der Waals surface area contributed by atoms with Gasteiger partial charge in [-0.25, -0.2) is 16.8 Å². The van der Waals surface area contributed by atoms with Gasteiger partial charge in [0, 0.05) is 10.8 Å². The lowest BCUT2D eigenvalue weighted by Crippen LogP contribution is -1.94. The first-order valence-corrected chi connectivity index (χ1v) is 6.13. The highest BCUT2D eigenvalue weighted by Gasteiger charge is 2.33. The van der Waals surface area contributed by atoms with Gasteiger partial charge in [-0.15, -0.1) is 0 Å². The molecule has 2 rings (SSSR count). The van der Waals surface area contributed by atoms with Gasteiger partial charge in [-0.2, -0.15) is 0 Å². The fourth-order valence-corrected chi connectivity index (χ4v) is 4.09. The second-order valence-corrected chi connectivity index (χ2v) is 6.03. The van der Waals surface area contributed by atoms with Crippen molar-refractivity contribution in [3.05, 3.63) is 32.8 Å². The van der Waals surface area contributed by atoms with Crippen LogP contribution in [0.1, 0.15) is 0 Å². The minimum atomic E-state index is -3.46. The number of rotatable bonds is 0. The van der Waals surface area contributed by atoms with E-state index in [1.165, 1.54) is 0 Å². The van der Waals surface area contributed by atoms with Crippen molar-refractivity contribution in [2.75, 3.05) is 0 Å². The van der Waals surface area contributed by atoms with Gasteiger partial charge in [-0.05, 0) is 12.2 Å². The summed E-state index contributed by atoms with van der Waals surface area (Å²) in [7, 11) is -6.92. The molecule has 2 aliphatic rings. The zero-order chi connectivity index (χ0) is 8.98. The van der Waals surface area contributed by atoms with E-state index < -0.39 is 19.7 Å². The van der Waals surface area contributed by atoms with Crippen molar-refractivity contribution in [1.29, 1.82) is 0 Å². The second-order valence-electron chi connectivity index (χ2n) is 2.42. The summed E-state index contributed by atoms with van der Waals surface area (Å²) in [4.78, 5) is -0.218. The van der Waals surface area contributed by atoms with Crippen molar-refractivity contribution in [3.8, 4) is 0 Å². The monoisotopic (exact) mass is 204 g/mol. The van der Waals surface area contributed by atoms with Gasteiger partial charge in [0.2, 0.25) is 19.7 Å². The second kappa shape index (κ2) is 1.89. The van der Waals surface area contributed by atoms with Crippen molar-refractivity contribution < 1.29 is 16.8 Å². The average Bonchev–Trinajstić information content (AvgIpc) is 2.36. The molecule has 0 aromatic heterocycles. The van der Waals surface area contributed by atoms with Gasteiger partial charge in [-0.1, -0.05) is 0 Å². The van der Waals surface area contributed by atoms with Crippen LogP contribution in [0.3, 0.4) is 0 Å². The third-order valence-electron chi connectivity index (χ3n) is 1.65. The van der Waals surface area contributed by atoms with Crippen LogP contribution >= 0.6 is 0 Å². The summed E-state index contributed by atoms with van der Waals surface area (Å²) in [5.41, 5.74) is 0. The third kappa shape index (κ3) is 0.818. The molecule has 0 spiro atoms. The minimum absolute atomic E-state index is 0.109. The van der Waals surface area contributed by atoms with E-state index in [2.05, 4.69) is 0 Å². The van der Waals surface area contributed by atoms with Crippen LogP contribution in [0.15, 0.2) is 32.8 Å². The zero-order valence-corrected chi connectivity index (χ0v) is 7.39. The summed E-state index contributed by atoms with van der Waals surface area (Å²) in [6, 6.07) is 0. The molecule has 0 atom stereocenters. The molecule has 0 saturated carbocycles. The average molecular weight is 204 g/mol. The van der Waals surface area contributed by atoms with Crippen LogP contribution in [0, 0.1) is 0 Å². The van der Waals surface area contributed by atoms with E-state index in [1.807, 2.05) is 0 Å². The van der Waals surface area contributed by atoms with Crippen molar-refractivity contribution in [2.24, 2.45) is 0 Å². The number of sulfone groups is 2. The molecule has 4 nitrogen and oxygen atoms in total. The van der Waals surface area contributed by atoms with Crippen molar-refractivity contribution in [1.82, 2.24) is 0 Å². The molecule has 0 aliphatic carbocycles. The lowest BCUT2D eigenvalue weighted by Gasteiger charge is -1.90. The Morgan fingerprint density at radius 1 is 0.750 bits per heavy atom. The summed E-state index contributed by atoms with van der Waals surface area (Å²) in [5, 5.41) is 1.80. The Kier molecular flexibility index (Phi) is 1.22. The molecule has 0 aromatic carbocycles. The molecule has 0 radical (unpaired) electrons. The van der Waals surface area contributed by atoms with Gasteiger partial charge in [-0.3, -0.25) is 0 Å². The number of hydrogen-bond donors (Lipinski definition) is 0. The van der Waals surface area contributed by atoms with Crippen LogP contribution in [0.2, 0.25) is 0 Å². The molecular weight excluding hydrogens is 200 g/mol. The van der Waals surface area contributed by atoms with E-state index in [4.69, 9.17) is 0 Å². The first-order valence-electron chi connectivity index (χ1n) is 3.04. The Morgan fingerprint density at radius 2 is 1.08 bits per heavy atom. The largest absolute Gasteiger partial charge is 0.219 e. The summed E-state index contributed by atoms with van der Waals surface area (Å²) >= 11 is 0. The highest BCUT2D eigenvalue weighted by atomic mass is 32.2. The Bertz CT molecular complexity index is 478. The predicted octanol–water partition coefficient (Wildman–Crippen LogP) is 0.0822. The molecule has 2 aliphatic heterocycles. The van der Waals surface area contributed by atoms with Crippen LogP contribution in [-0.4, -0.2) is 16.8 Å². The highest BCUT2D eigenvalue weighted by molar-refractivity contribution is 8.03. The minimum Gasteiger partial charge on any atom is -0.219 e. The maximum Gasteiger partial charge on any atom is 0.201 e. The molecule has 12 heavy (non-hydrogen) atoms. The van der Waals surface area contributed by atoms with E-state index in [-0.39, 0.29) is 9.81 Å². The predicted molar refractivity (Wildman–Crippen MR) is 43.1 cm³/mol. The normalized spacial score (nSPS) is 28.0. The first-order chi connectivity index (χ1) is 5.43. The lowest BCUT2D eigenvalue weighted by atomic mass is 10.5. The van der Waals surface area contributed by atoms with Crippen LogP contribution in [0.5, 0.6) is 0 Å². The lowest BCUT2D eigenvalue weighted by molar-refractivity contribution is 0.608. The van der Waals surface area contributed by atoms with Gasteiger partial charge in [0.15, 0.2) is 0 Å². The van der Waals surface area contributed by atoms with Gasteiger partial charge in [0.25, 0.3) is 0 Å². The molecule has 0 unspecified atom stereocenters. The van der Waals surface area contributed by atoms with E-state index in [1.54, 1.807) is 0 Å². The Morgan fingerprint density at radius 3 is 1.42 bits per heavy atom. The quantitative estimate of drug-likeness (QED) is 0.560. The van der Waals surface area contributed by atoms with Gasteiger partial charge in [0.1, 0.15) is 0 Å². The first kappa shape index (κ1) is 7.75. The van der Waals surface area contributed by atoms with Crippen molar-refractivity contribution >= 4 is 19.7 Å². The zero-order valence-electron chi connectivity index (χ0n) is 5.76. The fourth-order valence-electron chi connectivity index (χ4n) is 1.08. The molecule has 2 heterocycles. The van der Waals surface area contributed by atoms with Crippen LogP contribution < -0.4 is 0 Å². The van der Waals surface area contributed by atoms with Crippen molar-refractivity contribution in [2.45, 2.75) is 0 Å². The van der Waals surface area contributed by atoms with Crippen LogP contribution in [0.4, 0.5) is 0 Å². The molecule has 0 N–H and O–H groups in total. The van der Waals surface area contributed by atoms with Crippen molar-refractivity contribution in [3.63, 3.8) is 0 Å². The Balaban J connectivity index is 2.86. The summed E-state index contributed by atoms with van der Waals surface area (Å²) in [6.07, 6.45) is 2.22.